The molecule has 0 aromatic heterocycles. The van der Waals surface area contributed by atoms with Crippen molar-refractivity contribution in [1.82, 2.24) is 4.90 Å². The molecule has 0 amide bonds. The molecule has 21 heavy (non-hydrogen) atoms. The molecule has 0 spiro atoms. The van der Waals surface area contributed by atoms with Crippen molar-refractivity contribution in [2.24, 2.45) is 5.73 Å². The number of benzene rings is 2. The van der Waals surface area contributed by atoms with E-state index in [-0.39, 0.29) is 0 Å². The van der Waals surface area contributed by atoms with E-state index in [1.807, 2.05) is 12.1 Å². The molecule has 0 bridgehead atoms. The lowest BCUT2D eigenvalue weighted by atomic mass is 9.93. The summed E-state index contributed by atoms with van der Waals surface area (Å²) in [4.78, 5) is 2.43. The van der Waals surface area contributed by atoms with Crippen molar-refractivity contribution >= 4 is 27.5 Å². The van der Waals surface area contributed by atoms with Crippen molar-refractivity contribution in [2.75, 3.05) is 6.54 Å². The molecule has 0 saturated carbocycles. The largest absolute Gasteiger partial charge is 0.329 e. The van der Waals surface area contributed by atoms with Crippen molar-refractivity contribution < 1.29 is 0 Å². The van der Waals surface area contributed by atoms with Crippen LogP contribution in [0.3, 0.4) is 0 Å². The molecular weight excluding hydrogens is 348 g/mol. The summed E-state index contributed by atoms with van der Waals surface area (Å²) < 4.78 is 1.01. The number of hydrogen-bond donors (Lipinski definition) is 1. The third-order valence-corrected chi connectivity index (χ3v) is 4.97. The van der Waals surface area contributed by atoms with E-state index in [1.165, 1.54) is 11.1 Å². The van der Waals surface area contributed by atoms with Crippen LogP contribution < -0.4 is 5.73 Å². The first kappa shape index (κ1) is 15.0. The molecule has 3 rings (SSSR count). The molecule has 2 aromatic rings. The third kappa shape index (κ3) is 3.32. The van der Waals surface area contributed by atoms with Crippen LogP contribution in [0.4, 0.5) is 0 Å². The van der Waals surface area contributed by atoms with Gasteiger partial charge in [0.2, 0.25) is 0 Å². The van der Waals surface area contributed by atoms with Gasteiger partial charge in [-0.25, -0.2) is 0 Å². The van der Waals surface area contributed by atoms with Crippen LogP contribution in [0.15, 0.2) is 46.9 Å². The van der Waals surface area contributed by atoms with Gasteiger partial charge in [-0.2, -0.15) is 0 Å². The predicted octanol–water partition coefficient (Wildman–Crippen LogP) is 3.99. The highest BCUT2D eigenvalue weighted by Gasteiger charge is 2.25. The van der Waals surface area contributed by atoms with Gasteiger partial charge in [0.15, 0.2) is 0 Å². The Bertz CT molecular complexity index is 644. The summed E-state index contributed by atoms with van der Waals surface area (Å²) in [6, 6.07) is 15.1. The van der Waals surface area contributed by atoms with Crippen LogP contribution in [0.1, 0.15) is 16.7 Å². The Labute approximate surface area is 139 Å². The summed E-state index contributed by atoms with van der Waals surface area (Å²) in [5.74, 6) is 0. The first-order chi connectivity index (χ1) is 10.2. The van der Waals surface area contributed by atoms with Crippen molar-refractivity contribution in [3.05, 3.63) is 68.7 Å². The zero-order valence-electron chi connectivity index (χ0n) is 11.7. The molecule has 4 heteroatoms. The highest BCUT2D eigenvalue weighted by atomic mass is 79.9. The van der Waals surface area contributed by atoms with Gasteiger partial charge in [-0.15, -0.1) is 0 Å². The van der Waals surface area contributed by atoms with E-state index in [0.29, 0.717) is 12.6 Å². The van der Waals surface area contributed by atoms with Crippen LogP contribution in [0.2, 0.25) is 5.02 Å². The van der Waals surface area contributed by atoms with E-state index < -0.39 is 0 Å². The van der Waals surface area contributed by atoms with Crippen molar-refractivity contribution in [2.45, 2.75) is 25.6 Å². The van der Waals surface area contributed by atoms with Crippen LogP contribution in [-0.2, 0) is 19.5 Å². The summed E-state index contributed by atoms with van der Waals surface area (Å²) in [6.07, 6.45) is 1.01. The first-order valence-corrected chi connectivity index (χ1v) is 8.29. The molecular formula is C17H18BrClN2. The average molecular weight is 366 g/mol. The molecule has 1 aliphatic rings. The molecule has 2 aromatic carbocycles. The summed E-state index contributed by atoms with van der Waals surface area (Å²) >= 11 is 9.80. The molecule has 0 saturated heterocycles. The van der Waals surface area contributed by atoms with Gasteiger partial charge in [-0.05, 0) is 35.2 Å². The Kier molecular flexibility index (Phi) is 4.65. The molecule has 2 N–H and O–H groups in total. The molecule has 1 atom stereocenters. The Morgan fingerprint density at radius 3 is 2.67 bits per heavy atom. The second kappa shape index (κ2) is 6.49. The Balaban J connectivity index is 1.84. The number of hydrogen-bond acceptors (Lipinski definition) is 2. The fourth-order valence-corrected chi connectivity index (χ4v) is 3.66. The zero-order valence-corrected chi connectivity index (χ0v) is 14.1. The van der Waals surface area contributed by atoms with Crippen molar-refractivity contribution in [3.63, 3.8) is 0 Å². The SMILES string of the molecule is NCC1Cc2ccccc2CN1Cc1ccc(Br)cc1Cl. The monoisotopic (exact) mass is 364 g/mol. The zero-order chi connectivity index (χ0) is 14.8. The number of nitrogens with zero attached hydrogens (tertiary/aromatic N) is 1. The Hall–Kier alpha value is -0.870. The van der Waals surface area contributed by atoms with Gasteiger partial charge in [0, 0.05) is 35.2 Å². The Morgan fingerprint density at radius 2 is 1.95 bits per heavy atom. The number of nitrogens with two attached hydrogens (primary N) is 1. The lowest BCUT2D eigenvalue weighted by molar-refractivity contribution is 0.167. The van der Waals surface area contributed by atoms with Gasteiger partial charge in [-0.1, -0.05) is 57.9 Å². The van der Waals surface area contributed by atoms with Crippen molar-refractivity contribution in [1.29, 1.82) is 0 Å². The van der Waals surface area contributed by atoms with E-state index in [1.54, 1.807) is 0 Å². The van der Waals surface area contributed by atoms with Crippen molar-refractivity contribution in [3.8, 4) is 0 Å². The lowest BCUT2D eigenvalue weighted by Crippen LogP contribution is -2.44. The van der Waals surface area contributed by atoms with E-state index in [4.69, 9.17) is 17.3 Å². The maximum atomic E-state index is 6.35. The number of halogens is 2. The highest BCUT2D eigenvalue weighted by molar-refractivity contribution is 9.10. The van der Waals surface area contributed by atoms with E-state index in [0.717, 1.165) is 34.6 Å². The maximum Gasteiger partial charge on any atom is 0.0462 e. The molecule has 1 aliphatic heterocycles. The lowest BCUT2D eigenvalue weighted by Gasteiger charge is -2.36. The van der Waals surface area contributed by atoms with Crippen LogP contribution >= 0.6 is 27.5 Å². The van der Waals surface area contributed by atoms with Gasteiger partial charge in [0.1, 0.15) is 0 Å². The number of rotatable bonds is 3. The van der Waals surface area contributed by atoms with Gasteiger partial charge in [0.25, 0.3) is 0 Å². The first-order valence-electron chi connectivity index (χ1n) is 7.12. The van der Waals surface area contributed by atoms with E-state index >= 15 is 0 Å². The van der Waals surface area contributed by atoms with Gasteiger partial charge in [-0.3, -0.25) is 4.90 Å². The maximum absolute atomic E-state index is 6.35. The summed E-state index contributed by atoms with van der Waals surface area (Å²) in [7, 11) is 0. The standard InChI is InChI=1S/C17H18BrClN2/c18-15-6-5-14(17(19)8-15)11-21-10-13-4-2-1-3-12(13)7-16(21)9-20/h1-6,8,16H,7,9-11,20H2. The van der Waals surface area contributed by atoms with Gasteiger partial charge >= 0.3 is 0 Å². The topological polar surface area (TPSA) is 29.3 Å². The van der Waals surface area contributed by atoms with Crippen LogP contribution in [0.25, 0.3) is 0 Å². The second-order valence-electron chi connectivity index (χ2n) is 5.50. The quantitative estimate of drug-likeness (QED) is 0.891. The van der Waals surface area contributed by atoms with E-state index in [2.05, 4.69) is 51.2 Å². The van der Waals surface area contributed by atoms with Crippen LogP contribution in [0, 0.1) is 0 Å². The minimum atomic E-state index is 0.375. The number of fused-ring (bicyclic) bond motifs is 1. The fraction of sp³-hybridized carbons (Fsp3) is 0.294. The minimum Gasteiger partial charge on any atom is -0.329 e. The Morgan fingerprint density at radius 1 is 1.19 bits per heavy atom. The molecule has 1 heterocycles. The molecule has 0 fully saturated rings. The van der Waals surface area contributed by atoms with E-state index in [9.17, 15) is 0 Å². The summed E-state index contributed by atoms with van der Waals surface area (Å²) in [6.45, 7) is 2.44. The normalized spacial score (nSPS) is 18.5. The highest BCUT2D eigenvalue weighted by Crippen LogP contribution is 2.28. The third-order valence-electron chi connectivity index (χ3n) is 4.12. The van der Waals surface area contributed by atoms with Gasteiger partial charge in [0.05, 0.1) is 0 Å². The van der Waals surface area contributed by atoms with Gasteiger partial charge < -0.3 is 5.73 Å². The average Bonchev–Trinajstić information content (AvgIpc) is 2.49. The molecule has 2 nitrogen and oxygen atoms in total. The molecule has 1 unspecified atom stereocenters. The smallest absolute Gasteiger partial charge is 0.0462 e. The molecule has 110 valence electrons. The fourth-order valence-electron chi connectivity index (χ4n) is 2.93. The second-order valence-corrected chi connectivity index (χ2v) is 6.83. The van der Waals surface area contributed by atoms with Crippen LogP contribution in [-0.4, -0.2) is 17.5 Å². The molecule has 0 aliphatic carbocycles. The predicted molar refractivity (Wildman–Crippen MR) is 91.4 cm³/mol. The van der Waals surface area contributed by atoms with Crippen LogP contribution in [0.5, 0.6) is 0 Å². The summed E-state index contributed by atoms with van der Waals surface area (Å²) in [5.41, 5.74) is 9.96. The summed E-state index contributed by atoms with van der Waals surface area (Å²) in [5, 5.41) is 0.805. The molecule has 0 radical (unpaired) electrons. The minimum absolute atomic E-state index is 0.375.